The van der Waals surface area contributed by atoms with Crippen molar-refractivity contribution in [2.75, 3.05) is 33.7 Å². The van der Waals surface area contributed by atoms with Crippen LogP contribution in [-0.2, 0) is 11.3 Å². The average Bonchev–Trinajstić information content (AvgIpc) is 3.08. The van der Waals surface area contributed by atoms with Crippen molar-refractivity contribution in [2.45, 2.75) is 71.4 Å². The Morgan fingerprint density at radius 1 is 1.33 bits per heavy atom. The summed E-state index contributed by atoms with van der Waals surface area (Å²) < 4.78 is 0. The Morgan fingerprint density at radius 3 is 2.63 bits per heavy atom. The van der Waals surface area contributed by atoms with E-state index in [2.05, 4.69) is 59.3 Å². The van der Waals surface area contributed by atoms with Gasteiger partial charge >= 0.3 is 0 Å². The van der Waals surface area contributed by atoms with E-state index in [-0.39, 0.29) is 0 Å². The number of aromatic amines is 1. The SMILES string of the molecule is CCN(C(=O)CC(C)C)[C@H]1CC[C@H](c2n[nH]cc2CN(C)CCNC)CC1. The number of carbonyl (C=O) groups is 1. The molecule has 0 spiro atoms. The lowest BCUT2D eigenvalue weighted by Gasteiger charge is -2.36. The Morgan fingerprint density at radius 2 is 2.04 bits per heavy atom. The minimum Gasteiger partial charge on any atom is -0.340 e. The van der Waals surface area contributed by atoms with Gasteiger partial charge in [0.1, 0.15) is 0 Å². The number of likely N-dealkylation sites (N-methyl/N-ethyl adjacent to an activating group) is 2. The number of hydrogen-bond acceptors (Lipinski definition) is 4. The largest absolute Gasteiger partial charge is 0.340 e. The molecule has 1 aromatic heterocycles. The Kier molecular flexibility index (Phi) is 8.77. The lowest BCUT2D eigenvalue weighted by atomic mass is 9.82. The Balaban J connectivity index is 1.92. The fourth-order valence-electron chi connectivity index (χ4n) is 4.24. The lowest BCUT2D eigenvalue weighted by Crippen LogP contribution is -2.42. The van der Waals surface area contributed by atoms with Crippen molar-refractivity contribution in [1.29, 1.82) is 0 Å². The predicted molar refractivity (Wildman–Crippen MR) is 111 cm³/mol. The van der Waals surface area contributed by atoms with Crippen LogP contribution < -0.4 is 5.32 Å². The standard InChI is InChI=1S/C21H39N5O/c1-6-26(20(27)13-16(2)3)19-9-7-17(8-10-19)21-18(14-23-24-21)15-25(5)12-11-22-4/h14,16-17,19,22H,6-13,15H2,1-5H3,(H,23,24)/t17-,19-. The second-order valence-corrected chi connectivity index (χ2v) is 8.42. The highest BCUT2D eigenvalue weighted by Gasteiger charge is 2.30. The summed E-state index contributed by atoms with van der Waals surface area (Å²) in [6.45, 7) is 10.1. The van der Waals surface area contributed by atoms with Gasteiger partial charge in [0.15, 0.2) is 0 Å². The van der Waals surface area contributed by atoms with E-state index in [4.69, 9.17) is 0 Å². The molecule has 1 aliphatic rings. The van der Waals surface area contributed by atoms with Gasteiger partial charge in [0.2, 0.25) is 5.91 Å². The third-order valence-electron chi connectivity index (χ3n) is 5.70. The van der Waals surface area contributed by atoms with Crippen LogP contribution in [0.4, 0.5) is 0 Å². The Hall–Kier alpha value is -1.40. The zero-order chi connectivity index (χ0) is 19.8. The first-order valence-corrected chi connectivity index (χ1v) is 10.6. The summed E-state index contributed by atoms with van der Waals surface area (Å²) in [5.41, 5.74) is 2.56. The summed E-state index contributed by atoms with van der Waals surface area (Å²) in [7, 11) is 4.14. The van der Waals surface area contributed by atoms with Gasteiger partial charge in [-0.1, -0.05) is 13.8 Å². The van der Waals surface area contributed by atoms with Crippen LogP contribution in [-0.4, -0.2) is 65.7 Å². The Bertz CT molecular complexity index is 563. The number of hydrogen-bond donors (Lipinski definition) is 2. The smallest absolute Gasteiger partial charge is 0.223 e. The molecule has 0 saturated heterocycles. The minimum absolute atomic E-state index is 0.322. The summed E-state index contributed by atoms with van der Waals surface area (Å²) in [6, 6.07) is 0.401. The van der Waals surface area contributed by atoms with Crippen molar-refractivity contribution < 1.29 is 4.79 Å². The van der Waals surface area contributed by atoms with Crippen LogP contribution in [0.15, 0.2) is 6.20 Å². The maximum absolute atomic E-state index is 12.6. The fraction of sp³-hybridized carbons (Fsp3) is 0.810. The minimum atomic E-state index is 0.322. The van der Waals surface area contributed by atoms with E-state index in [1.54, 1.807) is 0 Å². The van der Waals surface area contributed by atoms with E-state index in [0.29, 0.717) is 30.2 Å². The summed E-state index contributed by atoms with van der Waals surface area (Å²) in [5.74, 6) is 1.26. The molecule has 1 saturated carbocycles. The zero-order valence-electron chi connectivity index (χ0n) is 17.9. The third kappa shape index (κ3) is 6.32. The molecule has 0 radical (unpaired) electrons. The second kappa shape index (κ2) is 10.8. The molecule has 0 atom stereocenters. The Labute approximate surface area is 165 Å². The second-order valence-electron chi connectivity index (χ2n) is 8.42. The van der Waals surface area contributed by atoms with E-state index < -0.39 is 0 Å². The number of aromatic nitrogens is 2. The maximum Gasteiger partial charge on any atom is 0.223 e. The number of rotatable bonds is 10. The number of amides is 1. The topological polar surface area (TPSA) is 64.3 Å². The third-order valence-corrected chi connectivity index (χ3v) is 5.70. The van der Waals surface area contributed by atoms with E-state index in [0.717, 1.165) is 51.9 Å². The molecule has 0 bridgehead atoms. The monoisotopic (exact) mass is 377 g/mol. The number of carbonyl (C=O) groups excluding carboxylic acids is 1. The first-order chi connectivity index (χ1) is 13.0. The maximum atomic E-state index is 12.6. The summed E-state index contributed by atoms with van der Waals surface area (Å²) in [4.78, 5) is 17.0. The van der Waals surface area contributed by atoms with Gasteiger partial charge in [-0.2, -0.15) is 5.10 Å². The predicted octanol–water partition coefficient (Wildman–Crippen LogP) is 2.98. The van der Waals surface area contributed by atoms with Crippen molar-refractivity contribution in [3.8, 4) is 0 Å². The summed E-state index contributed by atoms with van der Waals surface area (Å²) >= 11 is 0. The number of H-pyrrole nitrogens is 1. The van der Waals surface area contributed by atoms with Gasteiger partial charge in [-0.05, 0) is 52.6 Å². The average molecular weight is 378 g/mol. The van der Waals surface area contributed by atoms with Gasteiger partial charge in [-0.3, -0.25) is 9.89 Å². The molecule has 6 heteroatoms. The molecule has 6 nitrogen and oxygen atoms in total. The van der Waals surface area contributed by atoms with E-state index in [1.165, 1.54) is 11.3 Å². The number of nitrogens with zero attached hydrogens (tertiary/aromatic N) is 3. The van der Waals surface area contributed by atoms with Crippen LogP contribution in [0.25, 0.3) is 0 Å². The molecule has 0 aliphatic heterocycles. The normalized spacial score (nSPS) is 20.4. The molecular formula is C21H39N5O. The van der Waals surface area contributed by atoms with Crippen LogP contribution in [0.1, 0.15) is 70.1 Å². The molecule has 1 fully saturated rings. The molecule has 0 unspecified atom stereocenters. The van der Waals surface area contributed by atoms with Crippen molar-refractivity contribution >= 4 is 5.91 Å². The first-order valence-electron chi connectivity index (χ1n) is 10.6. The van der Waals surface area contributed by atoms with Gasteiger partial charge in [-0.25, -0.2) is 0 Å². The van der Waals surface area contributed by atoms with Crippen molar-refractivity contribution in [3.63, 3.8) is 0 Å². The van der Waals surface area contributed by atoms with Gasteiger partial charge < -0.3 is 15.1 Å². The van der Waals surface area contributed by atoms with Crippen LogP contribution in [0.5, 0.6) is 0 Å². The molecule has 1 heterocycles. The van der Waals surface area contributed by atoms with Crippen LogP contribution in [0, 0.1) is 5.92 Å². The van der Waals surface area contributed by atoms with Crippen LogP contribution in [0.2, 0.25) is 0 Å². The van der Waals surface area contributed by atoms with Crippen molar-refractivity contribution in [3.05, 3.63) is 17.5 Å². The fourth-order valence-corrected chi connectivity index (χ4v) is 4.24. The molecular weight excluding hydrogens is 338 g/mol. The van der Waals surface area contributed by atoms with E-state index in [1.807, 2.05) is 7.05 Å². The molecule has 2 rings (SSSR count). The summed E-state index contributed by atoms with van der Waals surface area (Å²) in [5, 5.41) is 10.9. The van der Waals surface area contributed by atoms with Crippen molar-refractivity contribution in [2.24, 2.45) is 5.92 Å². The highest BCUT2D eigenvalue weighted by molar-refractivity contribution is 5.76. The first kappa shape index (κ1) is 21.9. The summed E-state index contributed by atoms with van der Waals surface area (Å²) in [6.07, 6.45) is 7.13. The van der Waals surface area contributed by atoms with E-state index in [9.17, 15) is 4.79 Å². The van der Waals surface area contributed by atoms with Gasteiger partial charge in [0, 0.05) is 56.3 Å². The van der Waals surface area contributed by atoms with Gasteiger partial charge in [0.05, 0.1) is 5.69 Å². The van der Waals surface area contributed by atoms with Crippen LogP contribution in [0.3, 0.4) is 0 Å². The molecule has 2 N–H and O–H groups in total. The molecule has 1 aliphatic carbocycles. The highest BCUT2D eigenvalue weighted by atomic mass is 16.2. The van der Waals surface area contributed by atoms with Crippen molar-refractivity contribution in [1.82, 2.24) is 25.3 Å². The quantitative estimate of drug-likeness (QED) is 0.658. The van der Waals surface area contributed by atoms with Gasteiger partial charge in [0.25, 0.3) is 0 Å². The molecule has 154 valence electrons. The molecule has 27 heavy (non-hydrogen) atoms. The molecule has 1 amide bonds. The number of nitrogens with one attached hydrogen (secondary N) is 2. The van der Waals surface area contributed by atoms with Crippen LogP contribution >= 0.6 is 0 Å². The molecule has 1 aromatic rings. The lowest BCUT2D eigenvalue weighted by molar-refractivity contribution is -0.134. The zero-order valence-corrected chi connectivity index (χ0v) is 17.9. The van der Waals surface area contributed by atoms with Gasteiger partial charge in [-0.15, -0.1) is 0 Å². The van der Waals surface area contributed by atoms with E-state index >= 15 is 0 Å². The molecule has 0 aromatic carbocycles. The highest BCUT2D eigenvalue weighted by Crippen LogP contribution is 2.35.